The zero-order chi connectivity index (χ0) is 20.8. The van der Waals surface area contributed by atoms with E-state index in [1.165, 1.54) is 0 Å². The van der Waals surface area contributed by atoms with Crippen molar-refractivity contribution >= 4 is 34.3 Å². The van der Waals surface area contributed by atoms with Gasteiger partial charge in [0.1, 0.15) is 0 Å². The first-order valence-electron chi connectivity index (χ1n) is 9.63. The molecule has 29 heavy (non-hydrogen) atoms. The highest BCUT2D eigenvalue weighted by molar-refractivity contribution is 5.96. The van der Waals surface area contributed by atoms with Crippen molar-refractivity contribution in [2.75, 3.05) is 25.0 Å². The van der Waals surface area contributed by atoms with Crippen molar-refractivity contribution < 1.29 is 14.4 Å². The van der Waals surface area contributed by atoms with Crippen molar-refractivity contribution in [2.24, 2.45) is 11.5 Å². The first-order chi connectivity index (χ1) is 13.9. The minimum absolute atomic E-state index is 0.0206. The molecule has 0 aliphatic carbocycles. The number of carbonyl (C=O) groups is 3. The molecule has 0 saturated carbocycles. The van der Waals surface area contributed by atoms with Gasteiger partial charge in [-0.3, -0.25) is 19.4 Å². The summed E-state index contributed by atoms with van der Waals surface area (Å²) in [6, 6.07) is 8.53. The Morgan fingerprint density at radius 2 is 2.07 bits per heavy atom. The van der Waals surface area contributed by atoms with Gasteiger partial charge in [0.15, 0.2) is 0 Å². The maximum atomic E-state index is 12.1. The van der Waals surface area contributed by atoms with Crippen LogP contribution in [-0.4, -0.2) is 59.3 Å². The number of carbonyl (C=O) groups excluding carboxylic acids is 3. The van der Waals surface area contributed by atoms with E-state index in [-0.39, 0.29) is 37.2 Å². The second-order valence-electron chi connectivity index (χ2n) is 7.22. The number of anilines is 1. The molecule has 2 heterocycles. The van der Waals surface area contributed by atoms with Gasteiger partial charge < -0.3 is 27.0 Å². The summed E-state index contributed by atoms with van der Waals surface area (Å²) in [5.74, 6) is -0.907. The second kappa shape index (κ2) is 9.44. The summed E-state index contributed by atoms with van der Waals surface area (Å²) in [5.41, 5.74) is 13.0. The van der Waals surface area contributed by atoms with Gasteiger partial charge in [0.05, 0.1) is 30.0 Å². The number of para-hydroxylation sites is 1. The van der Waals surface area contributed by atoms with E-state index in [4.69, 9.17) is 11.5 Å². The molecule has 3 amide bonds. The van der Waals surface area contributed by atoms with Crippen LogP contribution < -0.4 is 22.1 Å². The summed E-state index contributed by atoms with van der Waals surface area (Å²) in [5, 5.41) is 6.09. The Bertz CT molecular complexity index is 903. The highest BCUT2D eigenvalue weighted by atomic mass is 16.2. The fraction of sp³-hybridized carbons (Fsp3) is 0.400. The van der Waals surface area contributed by atoms with Crippen LogP contribution in [0.4, 0.5) is 5.69 Å². The third-order valence-electron chi connectivity index (χ3n) is 4.88. The number of benzene rings is 1. The van der Waals surface area contributed by atoms with Gasteiger partial charge in [-0.05, 0) is 25.0 Å². The molecule has 9 nitrogen and oxygen atoms in total. The lowest BCUT2D eigenvalue weighted by atomic mass is 10.1. The van der Waals surface area contributed by atoms with E-state index in [1.54, 1.807) is 11.1 Å². The first-order valence-corrected chi connectivity index (χ1v) is 9.63. The number of hydrogen-bond acceptors (Lipinski definition) is 6. The molecule has 1 aliphatic rings. The minimum atomic E-state index is -0.856. The SMILES string of the molecule is NC1CCN(C(=O)CCC(N)C(=O)NCC(=O)Nc2cnc3ccccc3c2)C1. The number of nitrogens with two attached hydrogens (primary N) is 2. The number of nitrogens with one attached hydrogen (secondary N) is 2. The van der Waals surface area contributed by atoms with Crippen LogP contribution in [0, 0.1) is 0 Å². The highest BCUT2D eigenvalue weighted by Crippen LogP contribution is 2.15. The van der Waals surface area contributed by atoms with Gasteiger partial charge in [-0.25, -0.2) is 0 Å². The molecule has 1 aliphatic heterocycles. The minimum Gasteiger partial charge on any atom is -0.346 e. The molecule has 2 aromatic rings. The van der Waals surface area contributed by atoms with E-state index in [9.17, 15) is 14.4 Å². The van der Waals surface area contributed by atoms with Crippen LogP contribution in [0.15, 0.2) is 36.5 Å². The zero-order valence-electron chi connectivity index (χ0n) is 16.1. The predicted octanol–water partition coefficient (Wildman–Crippen LogP) is -0.0434. The quantitative estimate of drug-likeness (QED) is 0.515. The summed E-state index contributed by atoms with van der Waals surface area (Å²) >= 11 is 0. The molecule has 1 aromatic carbocycles. The van der Waals surface area contributed by atoms with Gasteiger partial charge in [0.25, 0.3) is 0 Å². The Balaban J connectivity index is 1.40. The molecule has 0 bridgehead atoms. The lowest BCUT2D eigenvalue weighted by Crippen LogP contribution is -2.44. The Labute approximate surface area is 168 Å². The summed E-state index contributed by atoms with van der Waals surface area (Å²) < 4.78 is 0. The summed E-state index contributed by atoms with van der Waals surface area (Å²) in [4.78, 5) is 42.2. The molecule has 2 atom stereocenters. The Kier molecular flexibility index (Phi) is 6.73. The first kappa shape index (κ1) is 20.7. The molecule has 0 spiro atoms. The third-order valence-corrected chi connectivity index (χ3v) is 4.88. The molecule has 3 rings (SSSR count). The zero-order valence-corrected chi connectivity index (χ0v) is 16.1. The van der Waals surface area contributed by atoms with Crippen molar-refractivity contribution in [3.8, 4) is 0 Å². The monoisotopic (exact) mass is 398 g/mol. The standard InChI is InChI=1S/C20H26N6O3/c21-14-7-8-26(12-14)19(28)6-5-16(22)20(29)24-11-18(27)25-15-9-13-3-1-2-4-17(13)23-10-15/h1-4,9-10,14,16H,5-8,11-12,21-22H2,(H,24,29)(H,25,27). The van der Waals surface area contributed by atoms with Crippen molar-refractivity contribution in [3.05, 3.63) is 36.5 Å². The van der Waals surface area contributed by atoms with Crippen LogP contribution in [0.25, 0.3) is 10.9 Å². The van der Waals surface area contributed by atoms with Gasteiger partial charge in [-0.1, -0.05) is 18.2 Å². The van der Waals surface area contributed by atoms with Gasteiger partial charge in [0.2, 0.25) is 17.7 Å². The van der Waals surface area contributed by atoms with E-state index in [0.717, 1.165) is 17.3 Å². The van der Waals surface area contributed by atoms with E-state index in [0.29, 0.717) is 18.8 Å². The van der Waals surface area contributed by atoms with Gasteiger partial charge in [0, 0.05) is 30.9 Å². The molecular weight excluding hydrogens is 372 g/mol. The third kappa shape index (κ3) is 5.72. The average molecular weight is 398 g/mol. The molecule has 0 radical (unpaired) electrons. The van der Waals surface area contributed by atoms with Crippen LogP contribution in [0.2, 0.25) is 0 Å². The van der Waals surface area contributed by atoms with E-state index in [2.05, 4.69) is 15.6 Å². The largest absolute Gasteiger partial charge is 0.346 e. The van der Waals surface area contributed by atoms with Gasteiger partial charge >= 0.3 is 0 Å². The lowest BCUT2D eigenvalue weighted by molar-refractivity contribution is -0.130. The number of hydrogen-bond donors (Lipinski definition) is 4. The lowest BCUT2D eigenvalue weighted by Gasteiger charge is -2.17. The molecule has 9 heteroatoms. The molecular formula is C20H26N6O3. The van der Waals surface area contributed by atoms with Crippen LogP contribution in [0.5, 0.6) is 0 Å². The predicted molar refractivity (Wildman–Crippen MR) is 110 cm³/mol. The topological polar surface area (TPSA) is 143 Å². The average Bonchev–Trinajstić information content (AvgIpc) is 3.16. The van der Waals surface area contributed by atoms with Crippen LogP contribution >= 0.6 is 0 Å². The smallest absolute Gasteiger partial charge is 0.243 e. The van der Waals surface area contributed by atoms with Crippen molar-refractivity contribution in [1.29, 1.82) is 0 Å². The van der Waals surface area contributed by atoms with E-state index < -0.39 is 11.9 Å². The Morgan fingerprint density at radius 1 is 1.28 bits per heavy atom. The van der Waals surface area contributed by atoms with Crippen LogP contribution in [-0.2, 0) is 14.4 Å². The molecule has 1 aromatic heterocycles. The highest BCUT2D eigenvalue weighted by Gasteiger charge is 2.24. The Morgan fingerprint density at radius 3 is 2.83 bits per heavy atom. The maximum absolute atomic E-state index is 12.1. The Hall–Kier alpha value is -3.04. The van der Waals surface area contributed by atoms with Crippen LogP contribution in [0.3, 0.4) is 0 Å². The number of pyridine rings is 1. The number of rotatable bonds is 7. The molecule has 1 fully saturated rings. The van der Waals surface area contributed by atoms with E-state index >= 15 is 0 Å². The fourth-order valence-corrected chi connectivity index (χ4v) is 3.23. The van der Waals surface area contributed by atoms with E-state index in [1.807, 2.05) is 30.3 Å². The van der Waals surface area contributed by atoms with Crippen LogP contribution in [0.1, 0.15) is 19.3 Å². The summed E-state index contributed by atoms with van der Waals surface area (Å²) in [6.07, 6.45) is 2.74. The number of aromatic nitrogens is 1. The summed E-state index contributed by atoms with van der Waals surface area (Å²) in [7, 11) is 0. The molecule has 1 saturated heterocycles. The number of likely N-dealkylation sites (tertiary alicyclic amines) is 1. The number of nitrogens with zero attached hydrogens (tertiary/aromatic N) is 2. The molecule has 6 N–H and O–H groups in total. The molecule has 2 unspecified atom stereocenters. The normalized spacial score (nSPS) is 17.2. The fourth-order valence-electron chi connectivity index (χ4n) is 3.23. The van der Waals surface area contributed by atoms with Gasteiger partial charge in [-0.2, -0.15) is 0 Å². The second-order valence-corrected chi connectivity index (χ2v) is 7.22. The van der Waals surface area contributed by atoms with Crippen molar-refractivity contribution in [2.45, 2.75) is 31.3 Å². The van der Waals surface area contributed by atoms with Crippen molar-refractivity contribution in [1.82, 2.24) is 15.2 Å². The molecule has 154 valence electrons. The van der Waals surface area contributed by atoms with Crippen molar-refractivity contribution in [3.63, 3.8) is 0 Å². The number of fused-ring (bicyclic) bond motifs is 1. The maximum Gasteiger partial charge on any atom is 0.243 e. The number of amides is 3. The summed E-state index contributed by atoms with van der Waals surface area (Å²) in [6.45, 7) is 0.976. The van der Waals surface area contributed by atoms with Gasteiger partial charge in [-0.15, -0.1) is 0 Å².